The van der Waals surface area contributed by atoms with E-state index in [2.05, 4.69) is 166 Å². The number of fused-ring (bicyclic) bond motifs is 9. The predicted molar refractivity (Wildman–Crippen MR) is 256 cm³/mol. The fourth-order valence-corrected chi connectivity index (χ4v) is 11.4. The zero-order chi connectivity index (χ0) is 40.3. The van der Waals surface area contributed by atoms with Crippen LogP contribution in [0, 0.1) is 17.9 Å². The minimum Gasteiger partial charge on any atom is -0.318 e. The molecule has 0 amide bonds. The Balaban J connectivity index is 1.32. The number of hydrogen-bond acceptors (Lipinski definition) is 2. The van der Waals surface area contributed by atoms with Crippen molar-refractivity contribution in [3.05, 3.63) is 199 Å². The molecule has 10 aromatic carbocycles. The molecule has 3 heterocycles. The average molecular weight is 791 g/mol. The lowest BCUT2D eigenvalue weighted by atomic mass is 9.88. The first-order chi connectivity index (χ1) is 30.2. The second-order valence-electron chi connectivity index (χ2n) is 15.7. The molecule has 0 radical (unpaired) electrons. The number of hydrogen-bond donors (Lipinski definition) is 0. The zero-order valence-corrected chi connectivity index (χ0v) is 33.3. The van der Waals surface area contributed by atoms with Crippen molar-refractivity contribution < 1.29 is 0 Å². The minimum absolute atomic E-state index is 0.434. The van der Waals surface area contributed by atoms with Gasteiger partial charge < -0.3 is 9.13 Å². The Bertz CT molecular complexity index is 3970. The summed E-state index contributed by atoms with van der Waals surface area (Å²) in [5.41, 5.74) is 9.60. The molecule has 5 heteroatoms. The molecule has 0 spiro atoms. The van der Waals surface area contributed by atoms with Crippen molar-refractivity contribution in [3.63, 3.8) is 0 Å². The van der Waals surface area contributed by atoms with E-state index in [1.54, 1.807) is 0 Å². The van der Waals surface area contributed by atoms with Gasteiger partial charge in [-0.15, -0.1) is 11.3 Å². The molecule has 13 rings (SSSR count). The summed E-state index contributed by atoms with van der Waals surface area (Å²) in [5, 5.41) is 23.4. The normalized spacial score (nSPS) is 11.9. The molecular weight excluding hydrogens is 761 g/mol. The topological polar surface area (TPSA) is 38.0 Å². The van der Waals surface area contributed by atoms with Crippen LogP contribution in [0.3, 0.4) is 0 Å². The molecule has 0 unspecified atom stereocenters. The maximum Gasteiger partial charge on any atom is 0.220 e. The molecule has 4 nitrogen and oxygen atoms in total. The van der Waals surface area contributed by atoms with Crippen LogP contribution >= 0.6 is 11.3 Å². The number of para-hydroxylation sites is 1. The third-order valence-electron chi connectivity index (χ3n) is 12.7. The minimum atomic E-state index is 0.434. The van der Waals surface area contributed by atoms with Gasteiger partial charge in [0.25, 0.3) is 0 Å². The standard InChI is InChI=1S/C56H30N4S/c1-58-54-50(33-16-4-2-5-17-33)43(32-57)55(59-44-26-12-10-22-37(44)41-31-49-42(30-47(41)59)38-23-11-13-29-48(38)61-49)51(34-18-6-3-7-19-34)56(54)60-45-27-14-24-39-35-20-8-9-21-36(35)40-25-15-28-46(60)53(40)52(39)45/h2-31H. The van der Waals surface area contributed by atoms with Crippen LogP contribution in [0.15, 0.2) is 182 Å². The van der Waals surface area contributed by atoms with Gasteiger partial charge in [0.05, 0.1) is 45.6 Å². The average Bonchev–Trinajstić information content (AvgIpc) is 3.97. The summed E-state index contributed by atoms with van der Waals surface area (Å²) in [7, 11) is 0. The van der Waals surface area contributed by atoms with Crippen molar-refractivity contribution in [2.45, 2.75) is 0 Å². The molecule has 0 aliphatic rings. The lowest BCUT2D eigenvalue weighted by Crippen LogP contribution is -2.08. The van der Waals surface area contributed by atoms with Crippen LogP contribution in [0.1, 0.15) is 5.56 Å². The van der Waals surface area contributed by atoms with Crippen LogP contribution in [0.4, 0.5) is 5.69 Å². The van der Waals surface area contributed by atoms with Crippen LogP contribution in [-0.2, 0) is 0 Å². The van der Waals surface area contributed by atoms with E-state index >= 15 is 0 Å². The lowest BCUT2D eigenvalue weighted by molar-refractivity contribution is 1.13. The van der Waals surface area contributed by atoms with E-state index in [0.717, 1.165) is 71.7 Å². The Kier molecular flexibility index (Phi) is 6.99. The molecule has 0 aliphatic heterocycles. The Morgan fingerprint density at radius 1 is 0.426 bits per heavy atom. The SMILES string of the molecule is [C-]#[N+]c1c(-c2ccccc2)c(C#N)c(-n2c3ccccc3c3cc4sc5ccccc5c4cc32)c(-c2ccccc2)c1-n1c2cccc3c4ccccc4c4cccc1c4c32. The van der Waals surface area contributed by atoms with Gasteiger partial charge in [0, 0.05) is 52.8 Å². The van der Waals surface area contributed by atoms with Crippen molar-refractivity contribution >= 4 is 102 Å². The van der Waals surface area contributed by atoms with E-state index in [0.29, 0.717) is 16.8 Å². The van der Waals surface area contributed by atoms with Crippen LogP contribution in [0.2, 0.25) is 0 Å². The summed E-state index contributed by atoms with van der Waals surface area (Å²) in [5.74, 6) is 0. The van der Waals surface area contributed by atoms with E-state index in [1.165, 1.54) is 41.7 Å². The lowest BCUT2D eigenvalue weighted by Gasteiger charge is -2.25. The number of benzene rings is 10. The van der Waals surface area contributed by atoms with Crippen LogP contribution in [0.25, 0.3) is 124 Å². The molecule has 0 saturated carbocycles. The molecule has 0 N–H and O–H groups in total. The van der Waals surface area contributed by atoms with E-state index in [9.17, 15) is 11.8 Å². The molecule has 0 atom stereocenters. The van der Waals surface area contributed by atoms with Crippen molar-refractivity contribution in [2.24, 2.45) is 0 Å². The molecule has 0 saturated heterocycles. The molecule has 13 aromatic rings. The first-order valence-electron chi connectivity index (χ1n) is 20.4. The van der Waals surface area contributed by atoms with E-state index in [1.807, 2.05) is 47.7 Å². The Morgan fingerprint density at radius 3 is 1.59 bits per heavy atom. The van der Waals surface area contributed by atoms with Gasteiger partial charge >= 0.3 is 0 Å². The van der Waals surface area contributed by atoms with Crippen molar-refractivity contribution in [2.75, 3.05) is 0 Å². The van der Waals surface area contributed by atoms with Crippen molar-refractivity contribution in [3.8, 4) is 39.7 Å². The van der Waals surface area contributed by atoms with E-state index < -0.39 is 0 Å². The third kappa shape index (κ3) is 4.50. The quantitative estimate of drug-likeness (QED) is 0.129. The van der Waals surface area contributed by atoms with Gasteiger partial charge in [-0.1, -0.05) is 146 Å². The molecule has 61 heavy (non-hydrogen) atoms. The number of nitriles is 1. The molecule has 0 bridgehead atoms. The monoisotopic (exact) mass is 790 g/mol. The van der Waals surface area contributed by atoms with Crippen LogP contribution < -0.4 is 0 Å². The molecule has 280 valence electrons. The van der Waals surface area contributed by atoms with Crippen molar-refractivity contribution in [1.82, 2.24) is 9.13 Å². The Hall–Kier alpha value is -8.22. The summed E-state index contributed by atoms with van der Waals surface area (Å²) >= 11 is 1.81. The fourth-order valence-electron chi connectivity index (χ4n) is 10.3. The number of thiophene rings is 1. The predicted octanol–water partition coefficient (Wildman–Crippen LogP) is 15.7. The highest BCUT2D eigenvalue weighted by atomic mass is 32.1. The van der Waals surface area contributed by atoms with Gasteiger partial charge in [0.1, 0.15) is 6.07 Å². The van der Waals surface area contributed by atoms with E-state index in [4.69, 9.17) is 0 Å². The van der Waals surface area contributed by atoms with Crippen molar-refractivity contribution in [1.29, 1.82) is 5.26 Å². The highest BCUT2D eigenvalue weighted by molar-refractivity contribution is 7.25. The van der Waals surface area contributed by atoms with Crippen LogP contribution in [0.5, 0.6) is 0 Å². The third-order valence-corrected chi connectivity index (χ3v) is 13.8. The van der Waals surface area contributed by atoms with Gasteiger partial charge in [-0.05, 0) is 69.1 Å². The second kappa shape index (κ2) is 12.6. The van der Waals surface area contributed by atoms with Gasteiger partial charge in [-0.2, -0.15) is 5.26 Å². The van der Waals surface area contributed by atoms with Gasteiger partial charge in [-0.3, -0.25) is 0 Å². The number of rotatable bonds is 4. The molecule has 0 fully saturated rings. The first kappa shape index (κ1) is 33.7. The summed E-state index contributed by atoms with van der Waals surface area (Å²) in [6.07, 6.45) is 0. The molecular formula is C56H30N4S. The Morgan fingerprint density at radius 2 is 0.951 bits per heavy atom. The summed E-state index contributed by atoms with van der Waals surface area (Å²) in [6, 6.07) is 66.7. The largest absolute Gasteiger partial charge is 0.318 e. The molecule has 3 aromatic heterocycles. The number of nitrogens with zero attached hydrogens (tertiary/aromatic N) is 4. The molecule has 0 aliphatic carbocycles. The highest BCUT2D eigenvalue weighted by Crippen LogP contribution is 2.54. The second-order valence-corrected chi connectivity index (χ2v) is 16.8. The van der Waals surface area contributed by atoms with Gasteiger partial charge in [0.15, 0.2) is 0 Å². The summed E-state index contributed by atoms with van der Waals surface area (Å²) in [4.78, 5) is 4.50. The maximum absolute atomic E-state index is 11.7. The zero-order valence-electron chi connectivity index (χ0n) is 32.5. The van der Waals surface area contributed by atoms with Gasteiger partial charge in [0.2, 0.25) is 5.69 Å². The summed E-state index contributed by atoms with van der Waals surface area (Å²) < 4.78 is 7.11. The summed E-state index contributed by atoms with van der Waals surface area (Å²) in [6.45, 7) is 9.18. The first-order valence-corrected chi connectivity index (χ1v) is 21.2. The van der Waals surface area contributed by atoms with E-state index in [-0.39, 0.29) is 0 Å². The maximum atomic E-state index is 11.7. The smallest absolute Gasteiger partial charge is 0.220 e. The Labute approximate surface area is 353 Å². The number of aromatic nitrogens is 2. The fraction of sp³-hybridized carbons (Fsp3) is 0. The van der Waals surface area contributed by atoms with Crippen LogP contribution in [-0.4, -0.2) is 9.13 Å². The highest BCUT2D eigenvalue weighted by Gasteiger charge is 2.32. The van der Waals surface area contributed by atoms with Gasteiger partial charge in [-0.25, -0.2) is 4.85 Å².